The molecule has 1 heterocycles. The Morgan fingerprint density at radius 1 is 0.964 bits per heavy atom. The fraction of sp³-hybridized carbons (Fsp3) is 0.143. The first-order chi connectivity index (χ1) is 13.5. The molecule has 0 unspecified atom stereocenters. The van der Waals surface area contributed by atoms with Crippen LogP contribution in [0.2, 0.25) is 0 Å². The van der Waals surface area contributed by atoms with Crippen LogP contribution in [0, 0.1) is 6.92 Å². The monoisotopic (exact) mass is 375 g/mol. The zero-order valence-corrected chi connectivity index (χ0v) is 15.7. The van der Waals surface area contributed by atoms with Gasteiger partial charge in [-0.3, -0.25) is 9.59 Å². The molecule has 0 saturated carbocycles. The van der Waals surface area contributed by atoms with Gasteiger partial charge in [0, 0.05) is 30.9 Å². The minimum absolute atomic E-state index is 0.147. The van der Waals surface area contributed by atoms with Crippen molar-refractivity contribution < 1.29 is 9.59 Å². The normalized spacial score (nSPS) is 10.2. The molecule has 142 valence electrons. The number of hydrogen-bond acceptors (Lipinski definition) is 5. The summed E-state index contributed by atoms with van der Waals surface area (Å²) < 4.78 is 0. The van der Waals surface area contributed by atoms with E-state index in [0.29, 0.717) is 18.1 Å². The van der Waals surface area contributed by atoms with E-state index in [1.54, 1.807) is 18.2 Å². The summed E-state index contributed by atoms with van der Waals surface area (Å²) in [5.74, 6) is 0.0557. The van der Waals surface area contributed by atoms with E-state index in [0.717, 1.165) is 11.3 Å². The second-order valence-corrected chi connectivity index (χ2v) is 6.34. The molecule has 0 atom stereocenters. The van der Waals surface area contributed by atoms with Crippen molar-refractivity contribution in [3.05, 3.63) is 77.7 Å². The predicted molar refractivity (Wildman–Crippen MR) is 108 cm³/mol. The summed E-state index contributed by atoms with van der Waals surface area (Å²) in [7, 11) is 0. The van der Waals surface area contributed by atoms with Crippen LogP contribution in [0.4, 0.5) is 17.2 Å². The Morgan fingerprint density at radius 3 is 2.46 bits per heavy atom. The van der Waals surface area contributed by atoms with Crippen molar-refractivity contribution >= 4 is 29.0 Å². The van der Waals surface area contributed by atoms with Crippen LogP contribution in [0.25, 0.3) is 0 Å². The zero-order valence-electron chi connectivity index (χ0n) is 15.7. The largest absolute Gasteiger partial charge is 0.347 e. The van der Waals surface area contributed by atoms with Crippen LogP contribution in [0.15, 0.2) is 60.9 Å². The van der Waals surface area contributed by atoms with E-state index in [9.17, 15) is 9.59 Å². The Kier molecular flexibility index (Phi) is 5.96. The summed E-state index contributed by atoms with van der Waals surface area (Å²) >= 11 is 0. The molecule has 7 nitrogen and oxygen atoms in total. The molecule has 0 aliphatic heterocycles. The van der Waals surface area contributed by atoms with Crippen LogP contribution >= 0.6 is 0 Å². The fourth-order valence-electron chi connectivity index (χ4n) is 2.55. The molecule has 3 N–H and O–H groups in total. The van der Waals surface area contributed by atoms with E-state index in [-0.39, 0.29) is 17.5 Å². The van der Waals surface area contributed by atoms with Gasteiger partial charge in [0.15, 0.2) is 0 Å². The van der Waals surface area contributed by atoms with Crippen molar-refractivity contribution in [3.63, 3.8) is 0 Å². The number of benzene rings is 2. The third-order valence-electron chi connectivity index (χ3n) is 3.93. The summed E-state index contributed by atoms with van der Waals surface area (Å²) in [5.41, 5.74) is 3.85. The van der Waals surface area contributed by atoms with Crippen molar-refractivity contribution in [2.24, 2.45) is 0 Å². The number of hydrogen-bond donors (Lipinski definition) is 3. The number of carbonyl (C=O) groups excluding carboxylic acids is 2. The number of aromatic nitrogens is 2. The molecule has 2 amide bonds. The quantitative estimate of drug-likeness (QED) is 0.613. The smallest absolute Gasteiger partial charge is 0.270 e. The Hall–Kier alpha value is -3.74. The summed E-state index contributed by atoms with van der Waals surface area (Å²) in [6, 6.07) is 16.8. The van der Waals surface area contributed by atoms with Crippen molar-refractivity contribution in [2.45, 2.75) is 20.4 Å². The minimum Gasteiger partial charge on any atom is -0.347 e. The molecule has 0 bridgehead atoms. The van der Waals surface area contributed by atoms with E-state index >= 15 is 0 Å². The molecule has 0 saturated heterocycles. The lowest BCUT2D eigenvalue weighted by atomic mass is 10.1. The summed E-state index contributed by atoms with van der Waals surface area (Å²) in [5, 5.41) is 8.68. The standard InChI is InChI=1S/C21H21N5O2/c1-14-6-8-16(9-7-14)12-22-21(28)19-11-20(24-13-23-19)26-18-5-3-4-17(10-18)25-15(2)27/h3-11,13H,12H2,1-2H3,(H,22,28)(H,25,27)(H,23,24,26). The maximum Gasteiger partial charge on any atom is 0.270 e. The molecule has 0 aliphatic carbocycles. The highest BCUT2D eigenvalue weighted by Crippen LogP contribution is 2.19. The van der Waals surface area contributed by atoms with Crippen LogP contribution in [-0.2, 0) is 11.3 Å². The van der Waals surface area contributed by atoms with Gasteiger partial charge in [-0.2, -0.15) is 0 Å². The number of anilines is 3. The molecular weight excluding hydrogens is 354 g/mol. The first-order valence-corrected chi connectivity index (χ1v) is 8.80. The highest BCUT2D eigenvalue weighted by molar-refractivity contribution is 5.93. The second kappa shape index (κ2) is 8.77. The second-order valence-electron chi connectivity index (χ2n) is 6.34. The van der Waals surface area contributed by atoms with Crippen molar-refractivity contribution in [3.8, 4) is 0 Å². The maximum absolute atomic E-state index is 12.4. The number of aryl methyl sites for hydroxylation is 1. The molecule has 3 aromatic rings. The fourth-order valence-corrected chi connectivity index (χ4v) is 2.55. The van der Waals surface area contributed by atoms with Gasteiger partial charge in [-0.1, -0.05) is 35.9 Å². The SMILES string of the molecule is CC(=O)Nc1cccc(Nc2cc(C(=O)NCc3ccc(C)cc3)ncn2)c1. The molecule has 0 spiro atoms. The van der Waals surface area contributed by atoms with Gasteiger partial charge in [0.05, 0.1) is 0 Å². The van der Waals surface area contributed by atoms with E-state index in [1.807, 2.05) is 43.3 Å². The lowest BCUT2D eigenvalue weighted by Crippen LogP contribution is -2.24. The van der Waals surface area contributed by atoms with Crippen molar-refractivity contribution in [1.29, 1.82) is 0 Å². The molecule has 1 aromatic heterocycles. The van der Waals surface area contributed by atoms with Crippen LogP contribution in [0.1, 0.15) is 28.5 Å². The maximum atomic E-state index is 12.4. The Bertz CT molecular complexity index is 986. The molecule has 0 radical (unpaired) electrons. The van der Waals surface area contributed by atoms with E-state index < -0.39 is 0 Å². The third-order valence-corrected chi connectivity index (χ3v) is 3.93. The Labute approximate surface area is 163 Å². The van der Waals surface area contributed by atoms with Gasteiger partial charge in [-0.05, 0) is 30.7 Å². The number of nitrogens with one attached hydrogen (secondary N) is 3. The van der Waals surface area contributed by atoms with Gasteiger partial charge in [-0.15, -0.1) is 0 Å². The summed E-state index contributed by atoms with van der Waals surface area (Å²) in [6.45, 7) is 3.89. The number of amides is 2. The van der Waals surface area contributed by atoms with Crippen LogP contribution in [0.3, 0.4) is 0 Å². The third kappa shape index (κ3) is 5.38. The van der Waals surface area contributed by atoms with Crippen LogP contribution < -0.4 is 16.0 Å². The predicted octanol–water partition coefficient (Wildman–Crippen LogP) is 3.42. The van der Waals surface area contributed by atoms with E-state index in [1.165, 1.54) is 18.8 Å². The zero-order chi connectivity index (χ0) is 19.9. The average Bonchev–Trinajstić information content (AvgIpc) is 2.67. The molecule has 7 heteroatoms. The number of carbonyl (C=O) groups is 2. The van der Waals surface area contributed by atoms with Crippen LogP contribution in [0.5, 0.6) is 0 Å². The van der Waals surface area contributed by atoms with E-state index in [2.05, 4.69) is 25.9 Å². The van der Waals surface area contributed by atoms with Gasteiger partial charge in [0.1, 0.15) is 17.8 Å². The minimum atomic E-state index is -0.280. The number of nitrogens with zero attached hydrogens (tertiary/aromatic N) is 2. The van der Waals surface area contributed by atoms with Crippen LogP contribution in [-0.4, -0.2) is 21.8 Å². The Morgan fingerprint density at radius 2 is 1.71 bits per heavy atom. The molecule has 3 rings (SSSR count). The topological polar surface area (TPSA) is 96.0 Å². The molecule has 0 fully saturated rings. The van der Waals surface area contributed by atoms with Gasteiger partial charge in [0.25, 0.3) is 5.91 Å². The highest BCUT2D eigenvalue weighted by atomic mass is 16.2. The molecule has 2 aromatic carbocycles. The first kappa shape index (κ1) is 19.0. The van der Waals surface area contributed by atoms with Crippen molar-refractivity contribution in [1.82, 2.24) is 15.3 Å². The molecule has 0 aliphatic rings. The Balaban J connectivity index is 1.65. The van der Waals surface area contributed by atoms with E-state index in [4.69, 9.17) is 0 Å². The lowest BCUT2D eigenvalue weighted by molar-refractivity contribution is -0.114. The van der Waals surface area contributed by atoms with Gasteiger partial charge in [0.2, 0.25) is 5.91 Å². The highest BCUT2D eigenvalue weighted by Gasteiger charge is 2.09. The first-order valence-electron chi connectivity index (χ1n) is 8.80. The van der Waals surface area contributed by atoms with Gasteiger partial charge >= 0.3 is 0 Å². The molecular formula is C21H21N5O2. The lowest BCUT2D eigenvalue weighted by Gasteiger charge is -2.09. The van der Waals surface area contributed by atoms with Gasteiger partial charge in [-0.25, -0.2) is 9.97 Å². The number of rotatable bonds is 6. The van der Waals surface area contributed by atoms with Crippen molar-refractivity contribution in [2.75, 3.05) is 10.6 Å². The summed E-state index contributed by atoms with van der Waals surface area (Å²) in [6.07, 6.45) is 1.33. The average molecular weight is 375 g/mol. The van der Waals surface area contributed by atoms with Gasteiger partial charge < -0.3 is 16.0 Å². The molecule has 28 heavy (non-hydrogen) atoms. The summed E-state index contributed by atoms with van der Waals surface area (Å²) in [4.78, 5) is 31.8.